The standard InChI is InChI=1S/C14H22N2O3S2/c15-12-4-6-13(7-5-12)20-8-9-21(18,19)16-10-11-2-1-3-14(11)17/h4-7,11,14,16-17H,1-3,8-10,15H2. The lowest BCUT2D eigenvalue weighted by Crippen LogP contribution is -2.34. The van der Waals surface area contributed by atoms with E-state index in [-0.39, 0.29) is 17.8 Å². The van der Waals surface area contributed by atoms with Gasteiger partial charge < -0.3 is 10.8 Å². The van der Waals surface area contributed by atoms with E-state index in [0.29, 0.717) is 18.0 Å². The van der Waals surface area contributed by atoms with Crippen LogP contribution in [0.4, 0.5) is 5.69 Å². The largest absolute Gasteiger partial charge is 0.399 e. The molecule has 21 heavy (non-hydrogen) atoms. The molecule has 2 rings (SSSR count). The van der Waals surface area contributed by atoms with Gasteiger partial charge in [-0.25, -0.2) is 13.1 Å². The molecule has 0 aromatic heterocycles. The van der Waals surface area contributed by atoms with E-state index in [9.17, 15) is 13.5 Å². The summed E-state index contributed by atoms with van der Waals surface area (Å²) in [6.07, 6.45) is 2.28. The fourth-order valence-electron chi connectivity index (χ4n) is 2.39. The highest BCUT2D eigenvalue weighted by Crippen LogP contribution is 2.25. The molecule has 5 nitrogen and oxygen atoms in total. The summed E-state index contributed by atoms with van der Waals surface area (Å²) in [4.78, 5) is 1.01. The number of nitrogens with one attached hydrogen (secondary N) is 1. The third-order valence-corrected chi connectivity index (χ3v) is 6.31. The van der Waals surface area contributed by atoms with Crippen LogP contribution in [0.3, 0.4) is 0 Å². The average molecular weight is 330 g/mol. The summed E-state index contributed by atoms with van der Waals surface area (Å²) in [5.74, 6) is 0.627. The molecule has 1 aliphatic rings. The van der Waals surface area contributed by atoms with Crippen molar-refractivity contribution in [2.24, 2.45) is 5.92 Å². The fraction of sp³-hybridized carbons (Fsp3) is 0.571. The Bertz CT molecular complexity index is 546. The van der Waals surface area contributed by atoms with E-state index in [1.807, 2.05) is 12.1 Å². The Balaban J connectivity index is 1.72. The van der Waals surface area contributed by atoms with Gasteiger partial charge in [-0.3, -0.25) is 0 Å². The molecule has 1 saturated carbocycles. The van der Waals surface area contributed by atoms with Crippen molar-refractivity contribution in [3.05, 3.63) is 24.3 Å². The van der Waals surface area contributed by atoms with Crippen molar-refractivity contribution in [1.82, 2.24) is 4.72 Å². The van der Waals surface area contributed by atoms with Crippen molar-refractivity contribution in [2.45, 2.75) is 30.3 Å². The van der Waals surface area contributed by atoms with Crippen LogP contribution in [0.2, 0.25) is 0 Å². The Kier molecular flexibility index (Phi) is 5.92. The van der Waals surface area contributed by atoms with Crippen LogP contribution in [0.15, 0.2) is 29.2 Å². The lowest BCUT2D eigenvalue weighted by molar-refractivity contribution is 0.134. The maximum Gasteiger partial charge on any atom is 0.212 e. The van der Waals surface area contributed by atoms with Gasteiger partial charge in [-0.2, -0.15) is 0 Å². The number of benzene rings is 1. The Morgan fingerprint density at radius 1 is 1.29 bits per heavy atom. The fourth-order valence-corrected chi connectivity index (χ4v) is 4.78. The van der Waals surface area contributed by atoms with Crippen molar-refractivity contribution in [2.75, 3.05) is 23.8 Å². The summed E-state index contributed by atoms with van der Waals surface area (Å²) in [6, 6.07) is 7.37. The molecule has 2 atom stereocenters. The number of anilines is 1. The van der Waals surface area contributed by atoms with Gasteiger partial charge in [0.2, 0.25) is 10.0 Å². The van der Waals surface area contributed by atoms with Crippen LogP contribution in [0.25, 0.3) is 0 Å². The van der Waals surface area contributed by atoms with Gasteiger partial charge >= 0.3 is 0 Å². The quantitative estimate of drug-likeness (QED) is 0.520. The first-order valence-electron chi connectivity index (χ1n) is 7.10. The highest BCUT2D eigenvalue weighted by Gasteiger charge is 2.26. The first-order valence-corrected chi connectivity index (χ1v) is 9.74. The number of hydrogen-bond acceptors (Lipinski definition) is 5. The molecule has 2 unspecified atom stereocenters. The monoisotopic (exact) mass is 330 g/mol. The first-order chi connectivity index (χ1) is 9.96. The number of rotatable bonds is 7. The topological polar surface area (TPSA) is 92.4 Å². The van der Waals surface area contributed by atoms with E-state index in [2.05, 4.69) is 4.72 Å². The van der Waals surface area contributed by atoms with E-state index in [1.165, 1.54) is 11.8 Å². The summed E-state index contributed by atoms with van der Waals surface area (Å²) in [5, 5.41) is 9.68. The number of hydrogen-bond donors (Lipinski definition) is 3. The van der Waals surface area contributed by atoms with Crippen molar-refractivity contribution in [3.63, 3.8) is 0 Å². The molecule has 1 aromatic carbocycles. The predicted octanol–water partition coefficient (Wildman–Crippen LogP) is 1.44. The summed E-state index contributed by atoms with van der Waals surface area (Å²) in [5.41, 5.74) is 6.30. The number of aliphatic hydroxyl groups excluding tert-OH is 1. The molecule has 0 heterocycles. The summed E-state index contributed by atoms with van der Waals surface area (Å²) >= 11 is 1.49. The Labute approximate surface area is 130 Å². The molecular formula is C14H22N2O3S2. The van der Waals surface area contributed by atoms with E-state index in [0.717, 1.165) is 24.2 Å². The summed E-state index contributed by atoms with van der Waals surface area (Å²) in [7, 11) is -3.28. The van der Waals surface area contributed by atoms with Crippen LogP contribution in [0.1, 0.15) is 19.3 Å². The Morgan fingerprint density at radius 3 is 2.62 bits per heavy atom. The van der Waals surface area contributed by atoms with Gasteiger partial charge in [0.05, 0.1) is 11.9 Å². The molecule has 0 saturated heterocycles. The number of aliphatic hydroxyl groups is 1. The lowest BCUT2D eigenvalue weighted by atomic mass is 10.1. The molecule has 0 spiro atoms. The van der Waals surface area contributed by atoms with Crippen molar-refractivity contribution < 1.29 is 13.5 Å². The van der Waals surface area contributed by atoms with Gasteiger partial charge in [-0.15, -0.1) is 11.8 Å². The zero-order valence-corrected chi connectivity index (χ0v) is 13.5. The first kappa shape index (κ1) is 16.6. The minimum absolute atomic E-state index is 0.0597. The second kappa shape index (κ2) is 7.49. The summed E-state index contributed by atoms with van der Waals surface area (Å²) in [6.45, 7) is 0.343. The van der Waals surface area contributed by atoms with Gasteiger partial charge in [-0.05, 0) is 43.0 Å². The number of sulfonamides is 1. The van der Waals surface area contributed by atoms with Crippen LogP contribution < -0.4 is 10.5 Å². The molecule has 0 amide bonds. The SMILES string of the molecule is Nc1ccc(SCCS(=O)(=O)NCC2CCCC2O)cc1. The molecule has 0 aliphatic heterocycles. The van der Waals surface area contributed by atoms with Crippen LogP contribution in [-0.4, -0.2) is 37.7 Å². The smallest absolute Gasteiger partial charge is 0.212 e. The molecule has 0 radical (unpaired) electrons. The van der Waals surface area contributed by atoms with Crippen LogP contribution in [0.5, 0.6) is 0 Å². The zero-order valence-electron chi connectivity index (χ0n) is 11.9. The minimum atomic E-state index is -3.28. The molecule has 1 fully saturated rings. The van der Waals surface area contributed by atoms with Crippen LogP contribution >= 0.6 is 11.8 Å². The van der Waals surface area contributed by atoms with Crippen LogP contribution in [0, 0.1) is 5.92 Å². The van der Waals surface area contributed by atoms with Crippen LogP contribution in [-0.2, 0) is 10.0 Å². The molecule has 1 aromatic rings. The molecule has 0 bridgehead atoms. The molecule has 1 aliphatic carbocycles. The Hall–Kier alpha value is -0.760. The normalized spacial score (nSPS) is 22.5. The average Bonchev–Trinajstić information content (AvgIpc) is 2.84. The minimum Gasteiger partial charge on any atom is -0.399 e. The number of nitrogens with two attached hydrogens (primary N) is 1. The Morgan fingerprint density at radius 2 is 2.00 bits per heavy atom. The van der Waals surface area contributed by atoms with E-state index in [1.54, 1.807) is 12.1 Å². The molecule has 7 heteroatoms. The van der Waals surface area contributed by atoms with E-state index in [4.69, 9.17) is 5.73 Å². The number of thioether (sulfide) groups is 1. The predicted molar refractivity (Wildman–Crippen MR) is 86.7 cm³/mol. The third kappa shape index (κ3) is 5.50. The summed E-state index contributed by atoms with van der Waals surface area (Å²) < 4.78 is 26.4. The maximum absolute atomic E-state index is 11.9. The molecule has 4 N–H and O–H groups in total. The zero-order chi connectivity index (χ0) is 15.3. The number of nitrogen functional groups attached to an aromatic ring is 1. The van der Waals surface area contributed by atoms with Gasteiger partial charge in [0, 0.05) is 22.9 Å². The highest BCUT2D eigenvalue weighted by molar-refractivity contribution is 8.00. The van der Waals surface area contributed by atoms with Crippen molar-refractivity contribution >= 4 is 27.5 Å². The highest BCUT2D eigenvalue weighted by atomic mass is 32.2. The van der Waals surface area contributed by atoms with Gasteiger partial charge in [-0.1, -0.05) is 6.42 Å². The molecule has 118 valence electrons. The van der Waals surface area contributed by atoms with E-state index >= 15 is 0 Å². The van der Waals surface area contributed by atoms with Gasteiger partial charge in [0.1, 0.15) is 0 Å². The third-order valence-electron chi connectivity index (χ3n) is 3.69. The maximum atomic E-state index is 11.9. The van der Waals surface area contributed by atoms with Crippen molar-refractivity contribution in [1.29, 1.82) is 0 Å². The van der Waals surface area contributed by atoms with Crippen molar-refractivity contribution in [3.8, 4) is 0 Å². The second-order valence-electron chi connectivity index (χ2n) is 5.34. The van der Waals surface area contributed by atoms with Gasteiger partial charge in [0.15, 0.2) is 0 Å². The van der Waals surface area contributed by atoms with Gasteiger partial charge in [0.25, 0.3) is 0 Å². The lowest BCUT2D eigenvalue weighted by Gasteiger charge is -2.15. The molecular weight excluding hydrogens is 308 g/mol. The van der Waals surface area contributed by atoms with E-state index < -0.39 is 10.0 Å². The second-order valence-corrected chi connectivity index (χ2v) is 8.44.